The maximum Gasteiger partial charge on any atom is 0.280 e. The van der Waals surface area contributed by atoms with Crippen molar-refractivity contribution in [1.29, 1.82) is 0 Å². The predicted octanol–water partition coefficient (Wildman–Crippen LogP) is 4.78. The molecule has 1 saturated carbocycles. The number of ketones is 1. The summed E-state index contributed by atoms with van der Waals surface area (Å²) in [5, 5.41) is 4.46. The van der Waals surface area contributed by atoms with Crippen LogP contribution < -0.4 is 4.90 Å². The number of aromatic nitrogens is 4. The Morgan fingerprint density at radius 1 is 1.16 bits per heavy atom. The standard InChI is InChI=1S/C20H19F4N5O2S/c1-8-15-12(17(21)22)6-13(18(23)24)26-19(15)28(27-8)7-14(31)29(11-4-5-11)20-25-9(2)16(32-20)10(3)30/h6,11,17-18H,4-5,7H2,1-3H3. The van der Waals surface area contributed by atoms with Crippen LogP contribution in [0.15, 0.2) is 6.07 Å². The highest BCUT2D eigenvalue weighted by atomic mass is 32.1. The molecule has 0 N–H and O–H groups in total. The first kappa shape index (κ1) is 22.3. The van der Waals surface area contributed by atoms with Gasteiger partial charge in [-0.3, -0.25) is 14.5 Å². The summed E-state index contributed by atoms with van der Waals surface area (Å²) in [6, 6.07) is 0.577. The van der Waals surface area contributed by atoms with Crippen molar-refractivity contribution in [2.45, 2.75) is 59.1 Å². The van der Waals surface area contributed by atoms with Gasteiger partial charge in [0.15, 0.2) is 16.6 Å². The molecule has 4 rings (SSSR count). The van der Waals surface area contributed by atoms with Crippen LogP contribution >= 0.6 is 11.3 Å². The number of Topliss-reactive ketones (excluding diaryl/α,β-unsaturated/α-hetero) is 1. The summed E-state index contributed by atoms with van der Waals surface area (Å²) in [6.07, 6.45) is -4.55. The van der Waals surface area contributed by atoms with Crippen LogP contribution in [-0.4, -0.2) is 37.5 Å². The summed E-state index contributed by atoms with van der Waals surface area (Å²) < 4.78 is 54.7. The number of aryl methyl sites for hydroxylation is 2. The Morgan fingerprint density at radius 2 is 1.84 bits per heavy atom. The molecule has 0 saturated heterocycles. The number of alkyl halides is 4. The first-order chi connectivity index (χ1) is 15.1. The number of carbonyl (C=O) groups excluding carboxylic acids is 2. The largest absolute Gasteiger partial charge is 0.294 e. The lowest BCUT2D eigenvalue weighted by Crippen LogP contribution is -2.36. The zero-order valence-electron chi connectivity index (χ0n) is 17.4. The van der Waals surface area contributed by atoms with Gasteiger partial charge in [-0.05, 0) is 32.8 Å². The van der Waals surface area contributed by atoms with Gasteiger partial charge < -0.3 is 0 Å². The number of rotatable bonds is 7. The van der Waals surface area contributed by atoms with Crippen LogP contribution in [0.3, 0.4) is 0 Å². The molecule has 12 heteroatoms. The number of hydrogen-bond acceptors (Lipinski definition) is 6. The van der Waals surface area contributed by atoms with E-state index in [0.29, 0.717) is 21.8 Å². The van der Waals surface area contributed by atoms with E-state index < -0.39 is 36.6 Å². The molecule has 3 aromatic heterocycles. The fraction of sp³-hybridized carbons (Fsp3) is 0.450. The fourth-order valence-electron chi connectivity index (χ4n) is 3.62. The minimum absolute atomic E-state index is 0.0425. The van der Waals surface area contributed by atoms with Gasteiger partial charge >= 0.3 is 0 Å². The average molecular weight is 469 g/mol. The maximum absolute atomic E-state index is 13.5. The molecule has 3 aromatic rings. The van der Waals surface area contributed by atoms with E-state index in [2.05, 4.69) is 15.1 Å². The predicted molar refractivity (Wildman–Crippen MR) is 110 cm³/mol. The average Bonchev–Trinajstić information content (AvgIpc) is 3.39. The number of pyridine rings is 1. The van der Waals surface area contributed by atoms with E-state index in [9.17, 15) is 27.2 Å². The number of hydrogen-bond donors (Lipinski definition) is 0. The number of amides is 1. The second kappa shape index (κ2) is 8.23. The van der Waals surface area contributed by atoms with Gasteiger partial charge in [0.2, 0.25) is 0 Å². The van der Waals surface area contributed by atoms with Gasteiger partial charge in [-0.2, -0.15) is 5.10 Å². The molecule has 0 unspecified atom stereocenters. The Kier molecular flexibility index (Phi) is 5.74. The van der Waals surface area contributed by atoms with Crippen molar-refractivity contribution in [1.82, 2.24) is 19.7 Å². The molecule has 170 valence electrons. The highest BCUT2D eigenvalue weighted by Gasteiger charge is 2.37. The van der Waals surface area contributed by atoms with Gasteiger partial charge in [-0.1, -0.05) is 11.3 Å². The molecular formula is C20H19F4N5O2S. The van der Waals surface area contributed by atoms with Crippen LogP contribution in [-0.2, 0) is 11.3 Å². The van der Waals surface area contributed by atoms with E-state index in [1.165, 1.54) is 18.7 Å². The van der Waals surface area contributed by atoms with Crippen molar-refractivity contribution < 1.29 is 27.2 Å². The smallest absolute Gasteiger partial charge is 0.280 e. The lowest BCUT2D eigenvalue weighted by molar-refractivity contribution is -0.119. The Balaban J connectivity index is 1.74. The van der Waals surface area contributed by atoms with Crippen LogP contribution in [0.4, 0.5) is 22.7 Å². The second-order valence-corrected chi connectivity index (χ2v) is 8.62. The van der Waals surface area contributed by atoms with E-state index in [0.717, 1.165) is 28.9 Å². The van der Waals surface area contributed by atoms with E-state index >= 15 is 0 Å². The molecule has 7 nitrogen and oxygen atoms in total. The van der Waals surface area contributed by atoms with Gasteiger partial charge in [-0.15, -0.1) is 0 Å². The second-order valence-electron chi connectivity index (χ2n) is 7.64. The number of carbonyl (C=O) groups is 2. The summed E-state index contributed by atoms with van der Waals surface area (Å²) >= 11 is 1.11. The topological polar surface area (TPSA) is 81.0 Å². The first-order valence-corrected chi connectivity index (χ1v) is 10.6. The van der Waals surface area contributed by atoms with Crippen molar-refractivity contribution in [2.24, 2.45) is 0 Å². The number of anilines is 1. The lowest BCUT2D eigenvalue weighted by atomic mass is 10.1. The van der Waals surface area contributed by atoms with Crippen LogP contribution in [0.25, 0.3) is 11.0 Å². The highest BCUT2D eigenvalue weighted by Crippen LogP contribution is 2.37. The molecule has 1 amide bonds. The molecule has 1 aliphatic carbocycles. The summed E-state index contributed by atoms with van der Waals surface area (Å²) in [5.41, 5.74) is -0.914. The Bertz CT molecular complexity index is 1220. The third-order valence-corrected chi connectivity index (χ3v) is 6.42. The maximum atomic E-state index is 13.5. The Hall–Kier alpha value is -2.89. The SMILES string of the molecule is CC(=O)c1sc(N(C(=O)Cn2nc(C)c3c(C(F)F)cc(C(F)F)nc32)C2CC2)nc1C. The normalized spacial score (nSPS) is 14.0. The van der Waals surface area contributed by atoms with Crippen molar-refractivity contribution >= 4 is 39.2 Å². The summed E-state index contributed by atoms with van der Waals surface area (Å²) in [7, 11) is 0. The molecule has 0 radical (unpaired) electrons. The van der Waals surface area contributed by atoms with E-state index in [-0.39, 0.29) is 28.6 Å². The first-order valence-electron chi connectivity index (χ1n) is 9.83. The Morgan fingerprint density at radius 3 is 2.38 bits per heavy atom. The van der Waals surface area contributed by atoms with Crippen LogP contribution in [0.5, 0.6) is 0 Å². The molecule has 0 spiro atoms. The Labute approximate surface area is 184 Å². The van der Waals surface area contributed by atoms with Gasteiger partial charge in [-0.25, -0.2) is 32.2 Å². The summed E-state index contributed by atoms with van der Waals surface area (Å²) in [4.78, 5) is 35.1. The van der Waals surface area contributed by atoms with E-state index in [4.69, 9.17) is 0 Å². The number of fused-ring (bicyclic) bond motifs is 1. The van der Waals surface area contributed by atoms with E-state index in [1.54, 1.807) is 6.92 Å². The van der Waals surface area contributed by atoms with Crippen molar-refractivity contribution in [3.63, 3.8) is 0 Å². The molecule has 0 aliphatic heterocycles. The third-order valence-electron chi connectivity index (χ3n) is 5.16. The van der Waals surface area contributed by atoms with Crippen molar-refractivity contribution in [2.75, 3.05) is 4.90 Å². The number of halogens is 4. The summed E-state index contributed by atoms with van der Waals surface area (Å²) in [6.45, 7) is 4.16. The summed E-state index contributed by atoms with van der Waals surface area (Å²) in [5.74, 6) is -0.602. The van der Waals surface area contributed by atoms with Crippen LogP contribution in [0.2, 0.25) is 0 Å². The molecule has 0 atom stereocenters. The molecule has 3 heterocycles. The molecule has 0 aromatic carbocycles. The van der Waals surface area contributed by atoms with Crippen LogP contribution in [0.1, 0.15) is 64.9 Å². The third kappa shape index (κ3) is 3.98. The molecule has 1 fully saturated rings. The minimum Gasteiger partial charge on any atom is -0.294 e. The molecule has 1 aliphatic rings. The monoisotopic (exact) mass is 469 g/mol. The number of thiazole rings is 1. The minimum atomic E-state index is -3.05. The van der Waals surface area contributed by atoms with Crippen molar-refractivity contribution in [3.8, 4) is 0 Å². The molecule has 0 bridgehead atoms. The highest BCUT2D eigenvalue weighted by molar-refractivity contribution is 7.17. The van der Waals surface area contributed by atoms with Gasteiger partial charge in [0.25, 0.3) is 18.8 Å². The zero-order valence-corrected chi connectivity index (χ0v) is 18.2. The lowest BCUT2D eigenvalue weighted by Gasteiger charge is -2.19. The molecular weight excluding hydrogens is 450 g/mol. The van der Waals surface area contributed by atoms with E-state index in [1.807, 2.05) is 0 Å². The van der Waals surface area contributed by atoms with Gasteiger partial charge in [0, 0.05) is 18.5 Å². The quantitative estimate of drug-likeness (QED) is 0.368. The fourth-order valence-corrected chi connectivity index (χ4v) is 4.67. The number of nitrogens with zero attached hydrogens (tertiary/aromatic N) is 5. The molecule has 32 heavy (non-hydrogen) atoms. The zero-order chi connectivity index (χ0) is 23.3. The van der Waals surface area contributed by atoms with Crippen molar-refractivity contribution in [3.05, 3.63) is 33.6 Å². The van der Waals surface area contributed by atoms with Crippen LogP contribution in [0, 0.1) is 13.8 Å². The van der Waals surface area contributed by atoms with Gasteiger partial charge in [0.1, 0.15) is 12.2 Å². The van der Waals surface area contributed by atoms with Gasteiger partial charge in [0.05, 0.1) is 21.7 Å².